The number of nitrogens with zero attached hydrogens (tertiary/aromatic N) is 1. The Morgan fingerprint density at radius 1 is 1.33 bits per heavy atom. The summed E-state index contributed by atoms with van der Waals surface area (Å²) in [4.78, 5) is 0. The van der Waals surface area contributed by atoms with Gasteiger partial charge in [-0.2, -0.15) is 0 Å². The third kappa shape index (κ3) is 1.90. The molecule has 0 aliphatic heterocycles. The van der Waals surface area contributed by atoms with Crippen LogP contribution in [0.5, 0.6) is 0 Å². The summed E-state index contributed by atoms with van der Waals surface area (Å²) in [6.07, 6.45) is 5.44. The summed E-state index contributed by atoms with van der Waals surface area (Å²) in [5.74, 6) is 3.33. The van der Waals surface area contributed by atoms with E-state index in [0.717, 1.165) is 13.1 Å². The third-order valence-electron chi connectivity index (χ3n) is 1.88. The molecule has 2 rings (SSSR count). The monoisotopic (exact) mass is 122 g/mol. The van der Waals surface area contributed by atoms with Crippen molar-refractivity contribution in [2.45, 2.75) is 25.7 Å². The zero-order chi connectivity index (χ0) is 6.10. The first-order valence-electron chi connectivity index (χ1n) is 3.75. The van der Waals surface area contributed by atoms with E-state index in [-0.39, 0.29) is 0 Å². The van der Waals surface area contributed by atoms with Crippen molar-refractivity contribution < 1.29 is 0 Å². The Bertz CT molecular complexity index is 80.7. The lowest BCUT2D eigenvalue weighted by atomic mass is 10.4. The fraction of sp³-hybridized carbons (Fsp3) is 0.750. The average molecular weight is 122 g/mol. The van der Waals surface area contributed by atoms with Gasteiger partial charge in [0.25, 0.3) is 0 Å². The highest BCUT2D eigenvalue weighted by Gasteiger charge is 2.31. The van der Waals surface area contributed by atoms with Crippen LogP contribution in [0.2, 0.25) is 0 Å². The van der Waals surface area contributed by atoms with Crippen molar-refractivity contribution in [1.82, 2.24) is 0 Å². The lowest BCUT2D eigenvalue weighted by molar-refractivity contribution is 1.10. The molecule has 1 nitrogen and oxygen atoms in total. The minimum Gasteiger partial charge on any atom is -0.622 e. The third-order valence-corrected chi connectivity index (χ3v) is 1.88. The van der Waals surface area contributed by atoms with Gasteiger partial charge in [0.15, 0.2) is 0 Å². The Labute approximate surface area is 56.8 Å². The second-order valence-corrected chi connectivity index (χ2v) is 3.04. The van der Waals surface area contributed by atoms with Crippen LogP contribution >= 0.6 is 0 Å². The molecule has 0 atom stereocenters. The van der Waals surface area contributed by atoms with Crippen LogP contribution in [-0.2, 0) is 0 Å². The Kier molecular flexibility index (Phi) is 1.38. The predicted octanol–water partition coefficient (Wildman–Crippen LogP) is 2.10. The zero-order valence-corrected chi connectivity index (χ0v) is 5.69. The maximum atomic E-state index is 4.42. The first-order chi connectivity index (χ1) is 4.45. The largest absolute Gasteiger partial charge is 0.622 e. The van der Waals surface area contributed by atoms with Gasteiger partial charge in [-0.3, -0.25) is 0 Å². The maximum absolute atomic E-state index is 4.42. The molecule has 0 aromatic rings. The molecule has 0 N–H and O–H groups in total. The molecule has 1 heteroatoms. The SMILES string of the molecule is C1C[C]1C[N-]C[C+]1CC1. The van der Waals surface area contributed by atoms with Crippen molar-refractivity contribution in [3.8, 4) is 0 Å². The van der Waals surface area contributed by atoms with E-state index in [2.05, 4.69) is 5.32 Å². The highest BCUT2D eigenvalue weighted by molar-refractivity contribution is 5.19. The Hall–Kier alpha value is -0.170. The molecule has 2 aliphatic carbocycles. The summed E-state index contributed by atoms with van der Waals surface area (Å²) < 4.78 is 0. The van der Waals surface area contributed by atoms with E-state index in [1.165, 1.54) is 25.7 Å². The molecular formula is C8H12N. The summed E-state index contributed by atoms with van der Waals surface area (Å²) >= 11 is 0. The Morgan fingerprint density at radius 2 is 2.11 bits per heavy atom. The first kappa shape index (κ1) is 5.60. The van der Waals surface area contributed by atoms with Gasteiger partial charge in [-0.25, -0.2) is 0 Å². The van der Waals surface area contributed by atoms with Crippen LogP contribution in [0.25, 0.3) is 5.32 Å². The van der Waals surface area contributed by atoms with Gasteiger partial charge >= 0.3 is 0 Å². The van der Waals surface area contributed by atoms with Crippen molar-refractivity contribution in [1.29, 1.82) is 0 Å². The van der Waals surface area contributed by atoms with Crippen LogP contribution in [-0.4, -0.2) is 13.1 Å². The second kappa shape index (κ2) is 2.22. The van der Waals surface area contributed by atoms with E-state index >= 15 is 0 Å². The molecule has 0 aromatic carbocycles. The molecule has 9 heavy (non-hydrogen) atoms. The highest BCUT2D eigenvalue weighted by atomic mass is 14.9. The zero-order valence-electron chi connectivity index (χ0n) is 5.69. The maximum Gasteiger partial charge on any atom is 0.128 e. The molecule has 2 aliphatic rings. The van der Waals surface area contributed by atoms with Crippen LogP contribution < -0.4 is 0 Å². The number of hydrogen-bond donors (Lipinski definition) is 0. The van der Waals surface area contributed by atoms with E-state index in [4.69, 9.17) is 0 Å². The van der Waals surface area contributed by atoms with Crippen molar-refractivity contribution in [3.63, 3.8) is 0 Å². The Morgan fingerprint density at radius 3 is 2.67 bits per heavy atom. The minimum absolute atomic E-state index is 1.07. The van der Waals surface area contributed by atoms with Gasteiger partial charge in [0.05, 0.1) is 5.92 Å². The van der Waals surface area contributed by atoms with E-state index < -0.39 is 0 Å². The quantitative estimate of drug-likeness (QED) is 0.507. The molecule has 2 saturated carbocycles. The van der Waals surface area contributed by atoms with E-state index in [1.807, 2.05) is 0 Å². The average Bonchev–Trinajstić information content (AvgIpc) is 2.57. The minimum atomic E-state index is 1.07. The Balaban J connectivity index is 1.46. The standard InChI is InChI=1S/C8H12N/c1-2-7(1)5-9-6-8-3-4-8/h1-6H2. The van der Waals surface area contributed by atoms with E-state index in [9.17, 15) is 0 Å². The smallest absolute Gasteiger partial charge is 0.128 e. The topological polar surface area (TPSA) is 14.1 Å². The van der Waals surface area contributed by atoms with Gasteiger partial charge in [-0.05, 0) is 18.8 Å². The summed E-state index contributed by atoms with van der Waals surface area (Å²) in [6, 6.07) is 0. The van der Waals surface area contributed by atoms with Gasteiger partial charge in [0.1, 0.15) is 12.8 Å². The fourth-order valence-corrected chi connectivity index (χ4v) is 0.865. The van der Waals surface area contributed by atoms with Crippen LogP contribution in [0.4, 0.5) is 0 Å². The van der Waals surface area contributed by atoms with Crippen molar-refractivity contribution in [3.05, 3.63) is 17.2 Å². The molecule has 0 spiro atoms. The summed E-state index contributed by atoms with van der Waals surface area (Å²) in [5, 5.41) is 4.42. The molecule has 0 aromatic heterocycles. The highest BCUT2D eigenvalue weighted by Crippen LogP contribution is 2.36. The summed E-state index contributed by atoms with van der Waals surface area (Å²) in [5.41, 5.74) is 0. The second-order valence-electron chi connectivity index (χ2n) is 3.04. The van der Waals surface area contributed by atoms with E-state index in [0.29, 0.717) is 0 Å². The molecule has 49 valence electrons. The van der Waals surface area contributed by atoms with Crippen LogP contribution in [0.3, 0.4) is 0 Å². The lowest BCUT2D eigenvalue weighted by Crippen LogP contribution is -1.89. The molecule has 0 unspecified atom stereocenters. The molecule has 1 radical (unpaired) electrons. The molecular weight excluding hydrogens is 110 g/mol. The normalized spacial score (nSPS) is 24.7. The lowest BCUT2D eigenvalue weighted by Gasteiger charge is -2.10. The van der Waals surface area contributed by atoms with Crippen molar-refractivity contribution in [2.75, 3.05) is 13.1 Å². The van der Waals surface area contributed by atoms with Gasteiger partial charge in [-0.15, -0.1) is 6.54 Å². The van der Waals surface area contributed by atoms with Gasteiger partial charge in [0.2, 0.25) is 0 Å². The van der Waals surface area contributed by atoms with Crippen LogP contribution in [0.15, 0.2) is 0 Å². The van der Waals surface area contributed by atoms with Crippen molar-refractivity contribution >= 4 is 0 Å². The van der Waals surface area contributed by atoms with Crippen LogP contribution in [0.1, 0.15) is 25.7 Å². The van der Waals surface area contributed by atoms with E-state index in [1.54, 1.807) is 11.8 Å². The predicted molar refractivity (Wildman–Crippen MR) is 38.0 cm³/mol. The molecule has 0 saturated heterocycles. The van der Waals surface area contributed by atoms with Crippen LogP contribution in [0, 0.1) is 11.8 Å². The molecule has 0 bridgehead atoms. The van der Waals surface area contributed by atoms with Gasteiger partial charge in [-0.1, -0.05) is 0 Å². The molecule has 2 fully saturated rings. The fourth-order valence-electron chi connectivity index (χ4n) is 0.865. The van der Waals surface area contributed by atoms with Gasteiger partial charge in [0, 0.05) is 6.54 Å². The molecule has 0 heterocycles. The van der Waals surface area contributed by atoms with Gasteiger partial charge < -0.3 is 5.32 Å². The summed E-state index contributed by atoms with van der Waals surface area (Å²) in [7, 11) is 0. The van der Waals surface area contributed by atoms with Crippen molar-refractivity contribution in [2.24, 2.45) is 0 Å². The first-order valence-corrected chi connectivity index (χ1v) is 3.75. The number of rotatable bonds is 4. The number of hydrogen-bond acceptors (Lipinski definition) is 0. The molecule has 0 amide bonds. The summed E-state index contributed by atoms with van der Waals surface area (Å²) in [6.45, 7) is 2.15.